The van der Waals surface area contributed by atoms with Gasteiger partial charge in [0.05, 0.1) is 11.2 Å². The summed E-state index contributed by atoms with van der Waals surface area (Å²) in [5, 5.41) is 19.0. The Morgan fingerprint density at radius 1 is 1.50 bits per heavy atom. The van der Waals surface area contributed by atoms with Crippen molar-refractivity contribution in [2.24, 2.45) is 0 Å². The number of amides is 1. The second-order valence-electron chi connectivity index (χ2n) is 4.99. The molecule has 1 aromatic carbocycles. The Balaban J connectivity index is 2.20. The molecule has 1 atom stereocenters. The van der Waals surface area contributed by atoms with Crippen molar-refractivity contribution in [1.82, 2.24) is 4.90 Å². The average Bonchev–Trinajstić information content (AvgIpc) is 2.27. The molecule has 2 N–H and O–H groups in total. The number of aromatic hydroxyl groups is 1. The molecule has 1 unspecified atom stereocenters. The first kappa shape index (κ1) is 12.8. The lowest BCUT2D eigenvalue weighted by Gasteiger charge is -2.36. The maximum atomic E-state index is 13.6. The summed E-state index contributed by atoms with van der Waals surface area (Å²) >= 11 is 0. The number of phenolic OH excluding ortho intramolecular Hbond substituents is 1. The number of nitrogens with zero attached hydrogens (tertiary/aromatic N) is 1. The molecule has 1 aliphatic heterocycles. The molecule has 5 heteroatoms. The lowest BCUT2D eigenvalue weighted by molar-refractivity contribution is -0.0109. The molecule has 0 aromatic heterocycles. The molecule has 0 saturated carbocycles. The maximum Gasteiger partial charge on any atom is 0.256 e. The molecule has 0 aliphatic carbocycles. The fourth-order valence-electron chi connectivity index (χ4n) is 2.24. The summed E-state index contributed by atoms with van der Waals surface area (Å²) in [6.07, 6.45) is 1.33. The Morgan fingerprint density at radius 3 is 2.83 bits per heavy atom. The number of hydrogen-bond acceptors (Lipinski definition) is 3. The molecule has 1 fully saturated rings. The van der Waals surface area contributed by atoms with E-state index in [1.807, 2.05) is 0 Å². The number of halogens is 1. The van der Waals surface area contributed by atoms with Gasteiger partial charge in [-0.1, -0.05) is 0 Å². The Bertz CT molecular complexity index is 473. The molecule has 4 nitrogen and oxygen atoms in total. The summed E-state index contributed by atoms with van der Waals surface area (Å²) in [5.41, 5.74) is -0.994. The van der Waals surface area contributed by atoms with Gasteiger partial charge in [0.25, 0.3) is 5.91 Å². The van der Waals surface area contributed by atoms with Gasteiger partial charge in [-0.05, 0) is 31.9 Å². The summed E-state index contributed by atoms with van der Waals surface area (Å²) in [6.45, 7) is 2.38. The zero-order valence-electron chi connectivity index (χ0n) is 10.2. The number of piperidine rings is 1. The van der Waals surface area contributed by atoms with E-state index in [0.717, 1.165) is 6.07 Å². The average molecular weight is 253 g/mol. The van der Waals surface area contributed by atoms with E-state index in [9.17, 15) is 14.3 Å². The lowest BCUT2D eigenvalue weighted by Crippen LogP contribution is -2.48. The third-order valence-corrected chi connectivity index (χ3v) is 3.15. The first-order valence-electron chi connectivity index (χ1n) is 5.89. The Kier molecular flexibility index (Phi) is 3.26. The minimum absolute atomic E-state index is 0.0782. The van der Waals surface area contributed by atoms with Crippen LogP contribution in [0.2, 0.25) is 0 Å². The van der Waals surface area contributed by atoms with Crippen molar-refractivity contribution in [3.63, 3.8) is 0 Å². The minimum atomic E-state index is -0.915. The van der Waals surface area contributed by atoms with Crippen LogP contribution in [0.15, 0.2) is 18.2 Å². The number of hydrogen-bond donors (Lipinski definition) is 2. The first-order chi connectivity index (χ1) is 8.39. The lowest BCUT2D eigenvalue weighted by atomic mass is 9.94. The van der Waals surface area contributed by atoms with Gasteiger partial charge < -0.3 is 15.1 Å². The van der Waals surface area contributed by atoms with Crippen LogP contribution in [0.5, 0.6) is 5.75 Å². The Labute approximate surface area is 105 Å². The van der Waals surface area contributed by atoms with E-state index in [4.69, 9.17) is 5.11 Å². The van der Waals surface area contributed by atoms with Gasteiger partial charge in [-0.3, -0.25) is 4.79 Å². The smallest absolute Gasteiger partial charge is 0.256 e. The van der Waals surface area contributed by atoms with E-state index in [1.165, 1.54) is 17.0 Å². The number of likely N-dealkylation sites (tertiary alicyclic amines) is 1. The predicted molar refractivity (Wildman–Crippen MR) is 63.8 cm³/mol. The molecule has 1 saturated heterocycles. The number of aliphatic hydroxyl groups is 1. The predicted octanol–water partition coefficient (Wildman–Crippen LogP) is 1.52. The van der Waals surface area contributed by atoms with Crippen LogP contribution in [-0.4, -0.2) is 39.7 Å². The highest BCUT2D eigenvalue weighted by Gasteiger charge is 2.32. The van der Waals surface area contributed by atoms with Gasteiger partial charge in [-0.15, -0.1) is 0 Å². The van der Waals surface area contributed by atoms with Gasteiger partial charge in [-0.2, -0.15) is 0 Å². The summed E-state index contributed by atoms with van der Waals surface area (Å²) in [5.74, 6) is -1.41. The summed E-state index contributed by atoms with van der Waals surface area (Å²) in [6, 6.07) is 3.45. The standard InChI is InChI=1S/C13H16FNO3/c1-13(18)5-2-6-15(8-13)12(17)10-4-3-9(16)7-11(10)14/h3-4,7,16,18H,2,5-6,8H2,1H3. The van der Waals surface area contributed by atoms with E-state index >= 15 is 0 Å². The van der Waals surface area contributed by atoms with Crippen LogP contribution in [0.3, 0.4) is 0 Å². The van der Waals surface area contributed by atoms with E-state index in [-0.39, 0.29) is 17.9 Å². The van der Waals surface area contributed by atoms with Gasteiger partial charge in [0.15, 0.2) is 0 Å². The molecule has 2 rings (SSSR count). The van der Waals surface area contributed by atoms with Crippen molar-refractivity contribution in [3.8, 4) is 5.75 Å². The highest BCUT2D eigenvalue weighted by atomic mass is 19.1. The SMILES string of the molecule is CC1(O)CCCN(C(=O)c2ccc(O)cc2F)C1. The number of phenols is 1. The summed E-state index contributed by atoms with van der Waals surface area (Å²) < 4.78 is 13.6. The third-order valence-electron chi connectivity index (χ3n) is 3.15. The normalized spacial score (nSPS) is 24.1. The van der Waals surface area contributed by atoms with Crippen molar-refractivity contribution >= 4 is 5.91 Å². The molecule has 1 heterocycles. The largest absolute Gasteiger partial charge is 0.508 e. The van der Waals surface area contributed by atoms with Gasteiger partial charge in [0.2, 0.25) is 0 Å². The van der Waals surface area contributed by atoms with Gasteiger partial charge in [0.1, 0.15) is 11.6 Å². The monoisotopic (exact) mass is 253 g/mol. The number of benzene rings is 1. The zero-order chi connectivity index (χ0) is 13.3. The molecule has 0 spiro atoms. The van der Waals surface area contributed by atoms with E-state index in [0.29, 0.717) is 19.4 Å². The highest BCUT2D eigenvalue weighted by Crippen LogP contribution is 2.23. The number of rotatable bonds is 1. The molecule has 1 aliphatic rings. The number of β-amino-alcohol motifs (C(OH)–C–C–N with tert-alkyl or cyclic N) is 1. The van der Waals surface area contributed by atoms with Crippen molar-refractivity contribution in [1.29, 1.82) is 0 Å². The Morgan fingerprint density at radius 2 is 2.22 bits per heavy atom. The van der Waals surface area contributed by atoms with Crippen molar-refractivity contribution < 1.29 is 19.4 Å². The number of carbonyl (C=O) groups is 1. The van der Waals surface area contributed by atoms with E-state index < -0.39 is 17.3 Å². The molecule has 0 radical (unpaired) electrons. The molecule has 98 valence electrons. The zero-order valence-corrected chi connectivity index (χ0v) is 10.2. The molecule has 1 aromatic rings. The second-order valence-corrected chi connectivity index (χ2v) is 4.99. The molecule has 18 heavy (non-hydrogen) atoms. The first-order valence-corrected chi connectivity index (χ1v) is 5.89. The van der Waals surface area contributed by atoms with Crippen LogP contribution >= 0.6 is 0 Å². The molecule has 1 amide bonds. The second kappa shape index (κ2) is 4.57. The topological polar surface area (TPSA) is 60.8 Å². The van der Waals surface area contributed by atoms with E-state index in [2.05, 4.69) is 0 Å². The van der Waals surface area contributed by atoms with Crippen LogP contribution in [0.25, 0.3) is 0 Å². The summed E-state index contributed by atoms with van der Waals surface area (Å²) in [4.78, 5) is 13.6. The van der Waals surface area contributed by atoms with Crippen LogP contribution in [0.4, 0.5) is 4.39 Å². The molecular weight excluding hydrogens is 237 g/mol. The highest BCUT2D eigenvalue weighted by molar-refractivity contribution is 5.94. The molecular formula is C13H16FNO3. The van der Waals surface area contributed by atoms with Gasteiger partial charge in [-0.25, -0.2) is 4.39 Å². The van der Waals surface area contributed by atoms with E-state index in [1.54, 1.807) is 6.92 Å². The van der Waals surface area contributed by atoms with Crippen LogP contribution < -0.4 is 0 Å². The Hall–Kier alpha value is -1.62. The quantitative estimate of drug-likeness (QED) is 0.797. The van der Waals surface area contributed by atoms with Gasteiger partial charge >= 0.3 is 0 Å². The summed E-state index contributed by atoms with van der Waals surface area (Å²) in [7, 11) is 0. The van der Waals surface area contributed by atoms with Crippen LogP contribution in [0.1, 0.15) is 30.1 Å². The van der Waals surface area contributed by atoms with Crippen molar-refractivity contribution in [2.75, 3.05) is 13.1 Å². The van der Waals surface area contributed by atoms with Crippen molar-refractivity contribution in [3.05, 3.63) is 29.6 Å². The van der Waals surface area contributed by atoms with Crippen molar-refractivity contribution in [2.45, 2.75) is 25.4 Å². The minimum Gasteiger partial charge on any atom is -0.508 e. The molecule has 0 bridgehead atoms. The number of carbonyl (C=O) groups excluding carboxylic acids is 1. The third kappa shape index (κ3) is 2.61. The van der Waals surface area contributed by atoms with Gasteiger partial charge in [0, 0.05) is 19.2 Å². The fourth-order valence-corrected chi connectivity index (χ4v) is 2.24. The van der Waals surface area contributed by atoms with Crippen LogP contribution in [0, 0.1) is 5.82 Å². The maximum absolute atomic E-state index is 13.6. The van der Waals surface area contributed by atoms with Crippen LogP contribution in [-0.2, 0) is 0 Å². The fraction of sp³-hybridized carbons (Fsp3) is 0.462.